The van der Waals surface area contributed by atoms with Crippen LogP contribution in [0.15, 0.2) is 24.3 Å². The van der Waals surface area contributed by atoms with Gasteiger partial charge in [-0.05, 0) is 25.8 Å². The van der Waals surface area contributed by atoms with Crippen molar-refractivity contribution in [2.24, 2.45) is 0 Å². The third-order valence-electron chi connectivity index (χ3n) is 3.17. The second-order valence-electron chi connectivity index (χ2n) is 4.92. The highest BCUT2D eigenvalue weighted by Crippen LogP contribution is 2.18. The Morgan fingerprint density at radius 1 is 1.30 bits per heavy atom. The zero-order chi connectivity index (χ0) is 17.1. The molecule has 0 radical (unpaired) electrons. The number of ether oxygens (including phenoxy) is 2. The van der Waals surface area contributed by atoms with Gasteiger partial charge in [0.1, 0.15) is 5.75 Å². The Morgan fingerprint density at radius 2 is 2.00 bits per heavy atom. The summed E-state index contributed by atoms with van der Waals surface area (Å²) in [6.45, 7) is 5.41. The lowest BCUT2D eigenvalue weighted by Gasteiger charge is -2.13. The maximum atomic E-state index is 9.10. The highest BCUT2D eigenvalue weighted by Gasteiger charge is 2.14. The maximum absolute atomic E-state index is 9.10. The van der Waals surface area contributed by atoms with Crippen LogP contribution in [0.5, 0.6) is 5.75 Å². The smallest absolute Gasteiger partial charge is 0.414 e. The van der Waals surface area contributed by atoms with Crippen LogP contribution in [0.2, 0.25) is 0 Å². The van der Waals surface area contributed by atoms with Crippen molar-refractivity contribution >= 4 is 11.9 Å². The van der Waals surface area contributed by atoms with Crippen LogP contribution in [0.25, 0.3) is 0 Å². The van der Waals surface area contributed by atoms with Crippen molar-refractivity contribution in [1.82, 2.24) is 5.32 Å². The zero-order valence-corrected chi connectivity index (χ0v) is 13.2. The number of benzene rings is 1. The van der Waals surface area contributed by atoms with Gasteiger partial charge in [0.2, 0.25) is 0 Å². The molecule has 0 amide bonds. The first-order valence-electron chi connectivity index (χ1n) is 7.53. The monoisotopic (exact) mass is 325 g/mol. The second-order valence-corrected chi connectivity index (χ2v) is 4.92. The van der Waals surface area contributed by atoms with Gasteiger partial charge in [-0.15, -0.1) is 0 Å². The zero-order valence-electron chi connectivity index (χ0n) is 13.2. The Morgan fingerprint density at radius 3 is 2.57 bits per heavy atom. The van der Waals surface area contributed by atoms with Gasteiger partial charge in [0.05, 0.1) is 12.7 Å². The summed E-state index contributed by atoms with van der Waals surface area (Å²) in [5.74, 6) is -2.67. The molecule has 1 unspecified atom stereocenters. The van der Waals surface area contributed by atoms with Gasteiger partial charge in [-0.25, -0.2) is 9.59 Å². The molecule has 1 fully saturated rings. The van der Waals surface area contributed by atoms with E-state index in [9.17, 15) is 0 Å². The Hall–Kier alpha value is -2.12. The van der Waals surface area contributed by atoms with Crippen LogP contribution in [0.1, 0.15) is 25.3 Å². The Kier molecular flexibility index (Phi) is 8.71. The SMILES string of the molecule is CCOc1ccccc1CNCC1CCCO1.O=C(O)C(=O)O. The minimum absolute atomic E-state index is 0.397. The van der Waals surface area contributed by atoms with E-state index in [1.54, 1.807) is 0 Å². The molecular weight excluding hydrogens is 302 g/mol. The molecular formula is C16H23NO6. The average molecular weight is 325 g/mol. The van der Waals surface area contributed by atoms with Gasteiger partial charge in [-0.2, -0.15) is 0 Å². The van der Waals surface area contributed by atoms with Crippen molar-refractivity contribution in [3.63, 3.8) is 0 Å². The van der Waals surface area contributed by atoms with Crippen LogP contribution in [0.4, 0.5) is 0 Å². The van der Waals surface area contributed by atoms with Crippen molar-refractivity contribution in [2.75, 3.05) is 19.8 Å². The van der Waals surface area contributed by atoms with E-state index in [4.69, 9.17) is 29.3 Å². The largest absolute Gasteiger partial charge is 0.494 e. The fourth-order valence-electron chi connectivity index (χ4n) is 2.12. The van der Waals surface area contributed by atoms with E-state index in [0.29, 0.717) is 12.7 Å². The molecule has 0 aliphatic carbocycles. The van der Waals surface area contributed by atoms with Crippen LogP contribution in [0, 0.1) is 0 Å². The van der Waals surface area contributed by atoms with E-state index in [2.05, 4.69) is 11.4 Å². The quantitative estimate of drug-likeness (QED) is 0.681. The molecule has 1 aliphatic heterocycles. The Labute approximate surface area is 135 Å². The third-order valence-corrected chi connectivity index (χ3v) is 3.17. The maximum Gasteiger partial charge on any atom is 0.414 e. The van der Waals surface area contributed by atoms with Crippen molar-refractivity contribution in [3.05, 3.63) is 29.8 Å². The number of nitrogens with one attached hydrogen (secondary N) is 1. The normalized spacial score (nSPS) is 16.3. The molecule has 1 saturated heterocycles. The van der Waals surface area contributed by atoms with Crippen LogP contribution in [-0.2, 0) is 20.9 Å². The van der Waals surface area contributed by atoms with Crippen molar-refractivity contribution in [3.8, 4) is 5.75 Å². The molecule has 3 N–H and O–H groups in total. The molecule has 1 aromatic carbocycles. The Bertz CT molecular complexity index is 487. The van der Waals surface area contributed by atoms with Gasteiger partial charge < -0.3 is 25.0 Å². The highest BCUT2D eigenvalue weighted by atomic mass is 16.5. The highest BCUT2D eigenvalue weighted by molar-refractivity contribution is 6.27. The van der Waals surface area contributed by atoms with E-state index in [1.165, 1.54) is 18.4 Å². The van der Waals surface area contributed by atoms with Crippen LogP contribution >= 0.6 is 0 Å². The minimum atomic E-state index is -1.82. The van der Waals surface area contributed by atoms with E-state index < -0.39 is 11.9 Å². The molecule has 7 nitrogen and oxygen atoms in total. The fraction of sp³-hybridized carbons (Fsp3) is 0.500. The van der Waals surface area contributed by atoms with Gasteiger partial charge in [0.25, 0.3) is 0 Å². The molecule has 0 aromatic heterocycles. The molecule has 1 atom stereocenters. The lowest BCUT2D eigenvalue weighted by molar-refractivity contribution is -0.159. The topological polar surface area (TPSA) is 105 Å². The van der Waals surface area contributed by atoms with Gasteiger partial charge in [0.15, 0.2) is 0 Å². The number of rotatable bonds is 6. The minimum Gasteiger partial charge on any atom is -0.494 e. The third kappa shape index (κ3) is 7.62. The van der Waals surface area contributed by atoms with Crippen molar-refractivity contribution < 1.29 is 29.3 Å². The van der Waals surface area contributed by atoms with Crippen LogP contribution in [0.3, 0.4) is 0 Å². The Balaban J connectivity index is 0.000000379. The molecule has 23 heavy (non-hydrogen) atoms. The molecule has 1 aromatic rings. The van der Waals surface area contributed by atoms with Crippen molar-refractivity contribution in [2.45, 2.75) is 32.4 Å². The standard InChI is InChI=1S/C14H21NO2.C2H2O4/c1-2-16-14-8-4-3-6-12(14)10-15-11-13-7-5-9-17-13;3-1(4)2(5)6/h3-4,6,8,13,15H,2,5,7,9-11H2,1H3;(H,3,4)(H,5,6). The number of aliphatic carboxylic acids is 2. The molecule has 2 rings (SSSR count). The summed E-state index contributed by atoms with van der Waals surface area (Å²) in [5, 5.41) is 18.2. The summed E-state index contributed by atoms with van der Waals surface area (Å²) in [4.78, 5) is 18.2. The molecule has 0 saturated carbocycles. The first-order valence-corrected chi connectivity index (χ1v) is 7.53. The lowest BCUT2D eigenvalue weighted by atomic mass is 10.2. The first-order chi connectivity index (χ1) is 11.0. The number of para-hydroxylation sites is 1. The number of hydrogen-bond donors (Lipinski definition) is 3. The second kappa shape index (κ2) is 10.6. The number of hydrogen-bond acceptors (Lipinski definition) is 5. The molecule has 1 aliphatic rings. The van der Waals surface area contributed by atoms with E-state index in [0.717, 1.165) is 25.4 Å². The molecule has 1 heterocycles. The van der Waals surface area contributed by atoms with Gasteiger partial charge in [0, 0.05) is 25.3 Å². The van der Waals surface area contributed by atoms with Gasteiger partial charge in [-0.1, -0.05) is 18.2 Å². The summed E-state index contributed by atoms with van der Waals surface area (Å²) in [7, 11) is 0. The number of carboxylic acids is 2. The summed E-state index contributed by atoms with van der Waals surface area (Å²) >= 11 is 0. The number of carbonyl (C=O) groups is 2. The average Bonchev–Trinajstić information content (AvgIpc) is 3.03. The van der Waals surface area contributed by atoms with E-state index >= 15 is 0 Å². The molecule has 128 valence electrons. The van der Waals surface area contributed by atoms with Crippen molar-refractivity contribution in [1.29, 1.82) is 0 Å². The molecule has 7 heteroatoms. The first kappa shape index (κ1) is 18.9. The van der Waals surface area contributed by atoms with Gasteiger partial charge in [-0.3, -0.25) is 0 Å². The fourth-order valence-corrected chi connectivity index (χ4v) is 2.12. The lowest BCUT2D eigenvalue weighted by Crippen LogP contribution is -2.25. The van der Waals surface area contributed by atoms with Crippen LogP contribution in [-0.4, -0.2) is 48.0 Å². The summed E-state index contributed by atoms with van der Waals surface area (Å²) in [5.41, 5.74) is 1.22. The number of carboxylic acid groups (broad SMARTS) is 2. The summed E-state index contributed by atoms with van der Waals surface area (Å²) < 4.78 is 11.2. The molecule has 0 bridgehead atoms. The summed E-state index contributed by atoms with van der Waals surface area (Å²) in [6.07, 6.45) is 2.77. The molecule has 0 spiro atoms. The predicted molar refractivity (Wildman–Crippen MR) is 83.6 cm³/mol. The van der Waals surface area contributed by atoms with Gasteiger partial charge >= 0.3 is 11.9 Å². The summed E-state index contributed by atoms with van der Waals surface area (Å²) in [6, 6.07) is 8.18. The van der Waals surface area contributed by atoms with Crippen LogP contribution < -0.4 is 10.1 Å². The predicted octanol–water partition coefficient (Wildman–Crippen LogP) is 1.51. The van der Waals surface area contributed by atoms with E-state index in [-0.39, 0.29) is 0 Å². The van der Waals surface area contributed by atoms with E-state index in [1.807, 2.05) is 25.1 Å².